The number of thiazole rings is 1. The van der Waals surface area contributed by atoms with Gasteiger partial charge in [-0.3, -0.25) is 14.5 Å². The Labute approximate surface area is 113 Å². The Balaban J connectivity index is 2.01. The van der Waals surface area contributed by atoms with Crippen LogP contribution in [-0.4, -0.2) is 34.4 Å². The smallest absolute Gasteiger partial charge is 0.303 e. The number of carbonyl (C=O) groups is 2. The summed E-state index contributed by atoms with van der Waals surface area (Å²) in [5.74, 6) is -0.145. The fourth-order valence-electron chi connectivity index (χ4n) is 1.84. The topological polar surface area (TPSA) is 70.5 Å². The van der Waals surface area contributed by atoms with Gasteiger partial charge in [-0.25, -0.2) is 4.98 Å². The highest BCUT2D eigenvalue weighted by atomic mass is 35.5. The molecule has 1 fully saturated rings. The normalized spacial score (nSPS) is 19.5. The number of carbonyl (C=O) groups excluding carboxylic acids is 1. The molecule has 2 rings (SSSR count). The standard InChI is InChI=1S/C11H13ClN2O3S/c12-4-7-3-9(15)14(5-7)11-13-8(6-18-11)1-2-10(16)17/h6-7H,1-5H2,(H,16,17). The second-order valence-corrected chi connectivity index (χ2v) is 5.39. The molecule has 1 aromatic rings. The molecule has 5 nitrogen and oxygen atoms in total. The molecule has 1 saturated heterocycles. The predicted octanol–water partition coefficient (Wildman–Crippen LogP) is 1.75. The van der Waals surface area contributed by atoms with E-state index in [9.17, 15) is 9.59 Å². The number of hydrogen-bond acceptors (Lipinski definition) is 4. The number of hydrogen-bond donors (Lipinski definition) is 1. The third kappa shape index (κ3) is 3.00. The molecule has 0 spiro atoms. The molecule has 98 valence electrons. The van der Waals surface area contributed by atoms with Gasteiger partial charge in [0.15, 0.2) is 5.13 Å². The molecule has 18 heavy (non-hydrogen) atoms. The van der Waals surface area contributed by atoms with Gasteiger partial charge in [0.2, 0.25) is 5.91 Å². The minimum absolute atomic E-state index is 0.0415. The number of alkyl halides is 1. The lowest BCUT2D eigenvalue weighted by molar-refractivity contribution is -0.137. The molecule has 1 aliphatic heterocycles. The van der Waals surface area contributed by atoms with Crippen LogP contribution in [0.5, 0.6) is 0 Å². The number of anilines is 1. The zero-order valence-corrected chi connectivity index (χ0v) is 11.2. The number of aryl methyl sites for hydroxylation is 1. The van der Waals surface area contributed by atoms with Crippen LogP contribution in [0.4, 0.5) is 5.13 Å². The molecule has 1 unspecified atom stereocenters. The van der Waals surface area contributed by atoms with Crippen LogP contribution in [0.3, 0.4) is 0 Å². The maximum absolute atomic E-state index is 11.8. The lowest BCUT2D eigenvalue weighted by atomic mass is 10.2. The van der Waals surface area contributed by atoms with Gasteiger partial charge in [0.25, 0.3) is 0 Å². The van der Waals surface area contributed by atoms with Crippen molar-refractivity contribution in [3.05, 3.63) is 11.1 Å². The van der Waals surface area contributed by atoms with Crippen LogP contribution < -0.4 is 4.90 Å². The Bertz CT molecular complexity index is 463. The van der Waals surface area contributed by atoms with E-state index in [2.05, 4.69) is 4.98 Å². The Hall–Kier alpha value is -1.14. The average molecular weight is 289 g/mol. The van der Waals surface area contributed by atoms with Crippen molar-refractivity contribution in [3.8, 4) is 0 Å². The van der Waals surface area contributed by atoms with Crippen LogP contribution in [0.2, 0.25) is 0 Å². The summed E-state index contributed by atoms with van der Waals surface area (Å²) >= 11 is 7.13. The first kappa shape index (κ1) is 13.3. The highest BCUT2D eigenvalue weighted by Crippen LogP contribution is 2.28. The fourth-order valence-corrected chi connectivity index (χ4v) is 2.93. The molecule has 0 aromatic carbocycles. The van der Waals surface area contributed by atoms with Gasteiger partial charge >= 0.3 is 5.97 Å². The first-order valence-electron chi connectivity index (χ1n) is 5.62. The van der Waals surface area contributed by atoms with E-state index < -0.39 is 5.97 Å². The summed E-state index contributed by atoms with van der Waals surface area (Å²) < 4.78 is 0. The largest absolute Gasteiger partial charge is 0.481 e. The van der Waals surface area contributed by atoms with Crippen molar-refractivity contribution >= 4 is 39.9 Å². The number of nitrogens with zero attached hydrogens (tertiary/aromatic N) is 2. The van der Waals surface area contributed by atoms with Gasteiger partial charge in [-0.15, -0.1) is 22.9 Å². The summed E-state index contributed by atoms with van der Waals surface area (Å²) in [5, 5.41) is 11.0. The predicted molar refractivity (Wildman–Crippen MR) is 69.3 cm³/mol. The van der Waals surface area contributed by atoms with Gasteiger partial charge in [0.05, 0.1) is 12.1 Å². The minimum atomic E-state index is -0.844. The van der Waals surface area contributed by atoms with Crippen molar-refractivity contribution in [2.45, 2.75) is 19.3 Å². The van der Waals surface area contributed by atoms with Crippen LogP contribution in [-0.2, 0) is 16.0 Å². The maximum Gasteiger partial charge on any atom is 0.303 e. The molecule has 0 bridgehead atoms. The van der Waals surface area contributed by atoms with Gasteiger partial charge < -0.3 is 5.11 Å². The maximum atomic E-state index is 11.8. The Morgan fingerprint density at radius 3 is 3.06 bits per heavy atom. The van der Waals surface area contributed by atoms with Crippen LogP contribution in [0.15, 0.2) is 5.38 Å². The molecule has 0 aliphatic carbocycles. The lowest BCUT2D eigenvalue weighted by Crippen LogP contribution is -2.24. The zero-order chi connectivity index (χ0) is 13.1. The van der Waals surface area contributed by atoms with E-state index in [-0.39, 0.29) is 18.2 Å². The summed E-state index contributed by atoms with van der Waals surface area (Å²) in [7, 11) is 0. The molecular formula is C11H13ClN2O3S. The number of aromatic nitrogens is 1. The molecule has 0 radical (unpaired) electrons. The Morgan fingerprint density at radius 1 is 1.67 bits per heavy atom. The monoisotopic (exact) mass is 288 g/mol. The van der Waals surface area contributed by atoms with Gasteiger partial charge in [-0.05, 0) is 5.92 Å². The van der Waals surface area contributed by atoms with Crippen molar-refractivity contribution in [2.75, 3.05) is 17.3 Å². The molecule has 1 N–H and O–H groups in total. The van der Waals surface area contributed by atoms with Gasteiger partial charge in [0.1, 0.15) is 0 Å². The van der Waals surface area contributed by atoms with Crippen molar-refractivity contribution in [2.24, 2.45) is 5.92 Å². The zero-order valence-electron chi connectivity index (χ0n) is 9.63. The molecule has 0 saturated carbocycles. The van der Waals surface area contributed by atoms with Crippen LogP contribution >= 0.6 is 22.9 Å². The molecule has 2 heterocycles. The third-order valence-electron chi connectivity index (χ3n) is 2.79. The van der Waals surface area contributed by atoms with Crippen LogP contribution in [0, 0.1) is 5.92 Å². The highest BCUT2D eigenvalue weighted by Gasteiger charge is 2.31. The van der Waals surface area contributed by atoms with Gasteiger partial charge in [-0.2, -0.15) is 0 Å². The Kier molecular flexibility index (Phi) is 4.19. The average Bonchev–Trinajstić information content (AvgIpc) is 2.92. The molecule has 1 aromatic heterocycles. The summed E-state index contributed by atoms with van der Waals surface area (Å²) in [6, 6.07) is 0. The number of aliphatic carboxylic acids is 1. The number of amides is 1. The third-order valence-corrected chi connectivity index (χ3v) is 4.14. The Morgan fingerprint density at radius 2 is 2.44 bits per heavy atom. The van der Waals surface area contributed by atoms with E-state index in [1.807, 2.05) is 0 Å². The van der Waals surface area contributed by atoms with E-state index >= 15 is 0 Å². The second kappa shape index (κ2) is 5.67. The van der Waals surface area contributed by atoms with Crippen LogP contribution in [0.25, 0.3) is 0 Å². The summed E-state index contributed by atoms with van der Waals surface area (Å²) in [5.41, 5.74) is 0.722. The molecule has 1 atom stereocenters. The summed E-state index contributed by atoms with van der Waals surface area (Å²) in [6.07, 6.45) is 0.918. The summed E-state index contributed by atoms with van der Waals surface area (Å²) in [4.78, 5) is 28.2. The van der Waals surface area contributed by atoms with Gasteiger partial charge in [-0.1, -0.05) is 0 Å². The molecular weight excluding hydrogens is 276 g/mol. The van der Waals surface area contributed by atoms with Crippen molar-refractivity contribution in [1.82, 2.24) is 4.98 Å². The molecule has 7 heteroatoms. The van der Waals surface area contributed by atoms with E-state index in [1.165, 1.54) is 11.3 Å². The first-order chi connectivity index (χ1) is 8.60. The van der Waals surface area contributed by atoms with Crippen LogP contribution in [0.1, 0.15) is 18.5 Å². The molecule has 1 aliphatic rings. The number of carboxylic acid groups (broad SMARTS) is 1. The quantitative estimate of drug-likeness (QED) is 0.838. The first-order valence-corrected chi connectivity index (χ1v) is 7.04. The number of halogens is 1. The summed E-state index contributed by atoms with van der Waals surface area (Å²) in [6.45, 7) is 0.605. The van der Waals surface area contributed by atoms with E-state index in [1.54, 1.807) is 10.3 Å². The fraction of sp³-hybridized carbons (Fsp3) is 0.545. The van der Waals surface area contributed by atoms with Crippen molar-refractivity contribution in [3.63, 3.8) is 0 Å². The van der Waals surface area contributed by atoms with Crippen molar-refractivity contribution in [1.29, 1.82) is 0 Å². The van der Waals surface area contributed by atoms with Crippen molar-refractivity contribution < 1.29 is 14.7 Å². The minimum Gasteiger partial charge on any atom is -0.481 e. The lowest BCUT2D eigenvalue weighted by Gasteiger charge is -2.11. The molecule has 1 amide bonds. The SMILES string of the molecule is O=C(O)CCc1csc(N2CC(CCl)CC2=O)n1. The van der Waals surface area contributed by atoms with E-state index in [4.69, 9.17) is 16.7 Å². The van der Waals surface area contributed by atoms with E-state index in [0.717, 1.165) is 5.69 Å². The van der Waals surface area contributed by atoms with E-state index in [0.29, 0.717) is 30.4 Å². The van der Waals surface area contributed by atoms with Gasteiger partial charge in [0, 0.05) is 30.6 Å². The second-order valence-electron chi connectivity index (χ2n) is 4.24. The number of carboxylic acids is 1. The highest BCUT2D eigenvalue weighted by molar-refractivity contribution is 7.14. The number of rotatable bonds is 5.